The monoisotopic (exact) mass is 138 g/mol. The van der Waals surface area contributed by atoms with Gasteiger partial charge in [-0.2, -0.15) is 0 Å². The van der Waals surface area contributed by atoms with E-state index < -0.39 is 0 Å². The molecule has 1 rings (SSSR count). The van der Waals surface area contributed by atoms with Gasteiger partial charge in [0, 0.05) is 12.4 Å². The van der Waals surface area contributed by atoms with Crippen LogP contribution in [0, 0.1) is 5.92 Å². The fraction of sp³-hybridized carbons (Fsp3) is 0.750. The third-order valence-electron chi connectivity index (χ3n) is 2.08. The lowest BCUT2D eigenvalue weighted by molar-refractivity contribution is 0.457. The van der Waals surface area contributed by atoms with Crippen LogP contribution in [-0.2, 0) is 0 Å². The standard InChI is InChI=1S/C8H14N2/c1-7(2)8(3)6-9-4-5-10-8/h5-7H,4H2,1-3H3. The molecule has 1 aliphatic heterocycles. The molecule has 2 nitrogen and oxygen atoms in total. The summed E-state index contributed by atoms with van der Waals surface area (Å²) >= 11 is 0. The SMILES string of the molecule is CC(C)C1(C)C=NCC=N1. The van der Waals surface area contributed by atoms with Crippen LogP contribution in [0.5, 0.6) is 0 Å². The van der Waals surface area contributed by atoms with Gasteiger partial charge in [-0.05, 0) is 12.8 Å². The van der Waals surface area contributed by atoms with Gasteiger partial charge in [0.15, 0.2) is 0 Å². The Labute approximate surface area is 62.1 Å². The molecule has 1 aliphatic rings. The fourth-order valence-electron chi connectivity index (χ4n) is 0.854. The zero-order valence-corrected chi connectivity index (χ0v) is 6.83. The molecule has 0 fully saturated rings. The maximum absolute atomic E-state index is 4.39. The number of rotatable bonds is 1. The van der Waals surface area contributed by atoms with Crippen LogP contribution in [0.15, 0.2) is 9.98 Å². The van der Waals surface area contributed by atoms with Crippen LogP contribution < -0.4 is 0 Å². The molecule has 0 aromatic heterocycles. The minimum absolute atomic E-state index is 0.0434. The van der Waals surface area contributed by atoms with Crippen LogP contribution in [-0.4, -0.2) is 24.5 Å². The molecule has 2 heteroatoms. The van der Waals surface area contributed by atoms with E-state index in [1.807, 2.05) is 12.4 Å². The van der Waals surface area contributed by atoms with Crippen molar-refractivity contribution in [3.63, 3.8) is 0 Å². The predicted octanol–water partition coefficient (Wildman–Crippen LogP) is 1.56. The van der Waals surface area contributed by atoms with Gasteiger partial charge in [-0.1, -0.05) is 13.8 Å². The first-order chi connectivity index (χ1) is 4.65. The molecule has 1 unspecified atom stereocenters. The van der Waals surface area contributed by atoms with Crippen LogP contribution in [0.1, 0.15) is 20.8 Å². The van der Waals surface area contributed by atoms with Crippen molar-refractivity contribution in [2.75, 3.05) is 6.54 Å². The van der Waals surface area contributed by atoms with E-state index in [0.29, 0.717) is 5.92 Å². The van der Waals surface area contributed by atoms with E-state index in [4.69, 9.17) is 0 Å². The molecule has 0 aromatic carbocycles. The zero-order chi connectivity index (χ0) is 7.61. The first-order valence-electron chi connectivity index (χ1n) is 3.70. The quantitative estimate of drug-likeness (QED) is 0.525. The molecule has 1 atom stereocenters. The molecule has 0 saturated carbocycles. The second kappa shape index (κ2) is 2.52. The van der Waals surface area contributed by atoms with Crippen LogP contribution >= 0.6 is 0 Å². The number of hydrogen-bond acceptors (Lipinski definition) is 2. The molecule has 0 N–H and O–H groups in total. The summed E-state index contributed by atoms with van der Waals surface area (Å²) in [5.41, 5.74) is -0.0434. The molecular formula is C8H14N2. The van der Waals surface area contributed by atoms with Crippen molar-refractivity contribution in [2.24, 2.45) is 15.9 Å². The van der Waals surface area contributed by atoms with E-state index in [0.717, 1.165) is 6.54 Å². The normalized spacial score (nSPS) is 31.6. The molecule has 0 amide bonds. The highest BCUT2D eigenvalue weighted by molar-refractivity contribution is 5.79. The van der Waals surface area contributed by atoms with Gasteiger partial charge in [0.25, 0.3) is 0 Å². The van der Waals surface area contributed by atoms with Gasteiger partial charge >= 0.3 is 0 Å². The van der Waals surface area contributed by atoms with Crippen LogP contribution in [0.25, 0.3) is 0 Å². The van der Waals surface area contributed by atoms with Crippen molar-refractivity contribution in [2.45, 2.75) is 26.3 Å². The predicted molar refractivity (Wildman–Crippen MR) is 45.1 cm³/mol. The van der Waals surface area contributed by atoms with Gasteiger partial charge in [0.2, 0.25) is 0 Å². The Kier molecular flexibility index (Phi) is 1.88. The third-order valence-corrected chi connectivity index (χ3v) is 2.08. The van der Waals surface area contributed by atoms with Crippen molar-refractivity contribution in [1.82, 2.24) is 0 Å². The highest BCUT2D eigenvalue weighted by Gasteiger charge is 2.25. The van der Waals surface area contributed by atoms with Gasteiger partial charge in [0.05, 0.1) is 12.1 Å². The van der Waals surface area contributed by atoms with Crippen molar-refractivity contribution in [3.8, 4) is 0 Å². The van der Waals surface area contributed by atoms with E-state index in [1.54, 1.807) is 0 Å². The van der Waals surface area contributed by atoms with Gasteiger partial charge in [-0.3, -0.25) is 9.98 Å². The molecular weight excluding hydrogens is 124 g/mol. The second-order valence-electron chi connectivity index (χ2n) is 3.19. The lowest BCUT2D eigenvalue weighted by atomic mass is 9.90. The maximum atomic E-state index is 4.39. The lowest BCUT2D eigenvalue weighted by Crippen LogP contribution is -2.33. The molecule has 56 valence electrons. The molecule has 10 heavy (non-hydrogen) atoms. The van der Waals surface area contributed by atoms with Crippen LogP contribution in [0.4, 0.5) is 0 Å². The first-order valence-corrected chi connectivity index (χ1v) is 3.70. The average Bonchev–Trinajstić information content (AvgIpc) is 1.89. The third kappa shape index (κ3) is 1.25. The number of hydrogen-bond donors (Lipinski definition) is 0. The highest BCUT2D eigenvalue weighted by Crippen LogP contribution is 2.19. The van der Waals surface area contributed by atoms with E-state index >= 15 is 0 Å². The van der Waals surface area contributed by atoms with Gasteiger partial charge < -0.3 is 0 Å². The Morgan fingerprint density at radius 1 is 1.50 bits per heavy atom. The largest absolute Gasteiger partial charge is 0.289 e. The first kappa shape index (κ1) is 7.45. The summed E-state index contributed by atoms with van der Waals surface area (Å²) < 4.78 is 0. The molecule has 0 aromatic rings. The summed E-state index contributed by atoms with van der Waals surface area (Å²) in [4.78, 5) is 8.56. The molecule has 0 bridgehead atoms. The zero-order valence-electron chi connectivity index (χ0n) is 6.83. The highest BCUT2D eigenvalue weighted by atomic mass is 14.9. The van der Waals surface area contributed by atoms with Crippen molar-refractivity contribution >= 4 is 12.4 Å². The summed E-state index contributed by atoms with van der Waals surface area (Å²) in [5.74, 6) is 0.535. The Morgan fingerprint density at radius 3 is 2.50 bits per heavy atom. The lowest BCUT2D eigenvalue weighted by Gasteiger charge is -2.26. The van der Waals surface area contributed by atoms with Crippen molar-refractivity contribution < 1.29 is 0 Å². The van der Waals surface area contributed by atoms with Gasteiger partial charge in [-0.15, -0.1) is 0 Å². The van der Waals surface area contributed by atoms with Crippen molar-refractivity contribution in [3.05, 3.63) is 0 Å². The maximum Gasteiger partial charge on any atom is 0.0944 e. The van der Waals surface area contributed by atoms with Crippen LogP contribution in [0.3, 0.4) is 0 Å². The Morgan fingerprint density at radius 2 is 2.20 bits per heavy atom. The average molecular weight is 138 g/mol. The molecule has 0 radical (unpaired) electrons. The number of nitrogens with zero attached hydrogens (tertiary/aromatic N) is 2. The molecule has 0 spiro atoms. The van der Waals surface area contributed by atoms with Gasteiger partial charge in [0.1, 0.15) is 0 Å². The topological polar surface area (TPSA) is 24.7 Å². The van der Waals surface area contributed by atoms with E-state index in [-0.39, 0.29) is 5.54 Å². The van der Waals surface area contributed by atoms with Gasteiger partial charge in [-0.25, -0.2) is 0 Å². The van der Waals surface area contributed by atoms with Crippen molar-refractivity contribution in [1.29, 1.82) is 0 Å². The summed E-state index contributed by atoms with van der Waals surface area (Å²) in [6, 6.07) is 0. The molecule has 0 saturated heterocycles. The second-order valence-corrected chi connectivity index (χ2v) is 3.19. The minimum Gasteiger partial charge on any atom is -0.289 e. The Balaban J connectivity index is 2.75. The van der Waals surface area contributed by atoms with Crippen LogP contribution in [0.2, 0.25) is 0 Å². The summed E-state index contributed by atoms with van der Waals surface area (Å²) in [7, 11) is 0. The Hall–Kier alpha value is -0.660. The Bertz CT molecular complexity index is 156. The number of aliphatic imine (C=N–C) groups is 2. The van der Waals surface area contributed by atoms with E-state index in [2.05, 4.69) is 30.8 Å². The van der Waals surface area contributed by atoms with E-state index in [1.165, 1.54) is 0 Å². The summed E-state index contributed by atoms with van der Waals surface area (Å²) in [6.45, 7) is 7.18. The molecule has 0 aliphatic carbocycles. The summed E-state index contributed by atoms with van der Waals surface area (Å²) in [6.07, 6.45) is 3.84. The fourth-order valence-corrected chi connectivity index (χ4v) is 0.854. The minimum atomic E-state index is -0.0434. The van der Waals surface area contributed by atoms with E-state index in [9.17, 15) is 0 Å². The smallest absolute Gasteiger partial charge is 0.0944 e. The summed E-state index contributed by atoms with van der Waals surface area (Å²) in [5, 5.41) is 0. The molecule has 1 heterocycles.